The van der Waals surface area contributed by atoms with E-state index in [1.165, 1.54) is 0 Å². The Morgan fingerprint density at radius 2 is 2.06 bits per heavy atom. The van der Waals surface area contributed by atoms with Gasteiger partial charge in [-0.3, -0.25) is 0 Å². The molecule has 0 aliphatic carbocycles. The highest BCUT2D eigenvalue weighted by atomic mass is 35.5. The predicted octanol–water partition coefficient (Wildman–Crippen LogP) is 1.82. The van der Waals surface area contributed by atoms with E-state index in [1.807, 2.05) is 0 Å². The normalized spacial score (nSPS) is 10.7. The van der Waals surface area contributed by atoms with Gasteiger partial charge < -0.3 is 5.32 Å². The SMILES string of the molecule is CCCNCc1cnc(-n2cc(Cl)cn2)nc1. The van der Waals surface area contributed by atoms with Crippen LogP contribution in [0.3, 0.4) is 0 Å². The minimum atomic E-state index is 0.524. The zero-order valence-corrected chi connectivity index (χ0v) is 10.4. The number of aromatic nitrogens is 4. The number of nitrogens with zero attached hydrogens (tertiary/aromatic N) is 4. The van der Waals surface area contributed by atoms with Crippen LogP contribution < -0.4 is 5.32 Å². The molecule has 17 heavy (non-hydrogen) atoms. The topological polar surface area (TPSA) is 55.6 Å². The summed E-state index contributed by atoms with van der Waals surface area (Å²) >= 11 is 5.78. The first-order valence-corrected chi connectivity index (χ1v) is 5.89. The number of rotatable bonds is 5. The average molecular weight is 252 g/mol. The quantitative estimate of drug-likeness (QED) is 0.824. The number of hydrogen-bond donors (Lipinski definition) is 1. The molecule has 1 N–H and O–H groups in total. The van der Waals surface area contributed by atoms with Crippen LogP contribution in [0.25, 0.3) is 5.95 Å². The van der Waals surface area contributed by atoms with Crippen molar-refractivity contribution in [3.8, 4) is 5.95 Å². The van der Waals surface area contributed by atoms with Crippen LogP contribution in [0.5, 0.6) is 0 Å². The van der Waals surface area contributed by atoms with Crippen molar-refractivity contribution in [2.45, 2.75) is 19.9 Å². The van der Waals surface area contributed by atoms with Gasteiger partial charge in [0.25, 0.3) is 0 Å². The summed E-state index contributed by atoms with van der Waals surface area (Å²) in [5.41, 5.74) is 1.06. The van der Waals surface area contributed by atoms with Crippen molar-refractivity contribution in [2.24, 2.45) is 0 Å². The van der Waals surface area contributed by atoms with Crippen molar-refractivity contribution >= 4 is 11.6 Å². The average Bonchev–Trinajstić information content (AvgIpc) is 2.77. The maximum absolute atomic E-state index is 5.78. The van der Waals surface area contributed by atoms with E-state index in [2.05, 4.69) is 27.3 Å². The smallest absolute Gasteiger partial charge is 0.250 e. The van der Waals surface area contributed by atoms with Crippen molar-refractivity contribution in [3.05, 3.63) is 35.4 Å². The van der Waals surface area contributed by atoms with Crippen LogP contribution in [0.2, 0.25) is 5.02 Å². The molecule has 0 aliphatic heterocycles. The fourth-order valence-corrected chi connectivity index (χ4v) is 1.51. The molecule has 0 radical (unpaired) electrons. The van der Waals surface area contributed by atoms with Crippen molar-refractivity contribution in [1.82, 2.24) is 25.1 Å². The Bertz CT molecular complexity index is 465. The largest absolute Gasteiger partial charge is 0.313 e. The lowest BCUT2D eigenvalue weighted by atomic mass is 10.3. The van der Waals surface area contributed by atoms with Crippen molar-refractivity contribution in [2.75, 3.05) is 6.54 Å². The number of halogens is 1. The fraction of sp³-hybridized carbons (Fsp3) is 0.364. The van der Waals surface area contributed by atoms with Gasteiger partial charge in [-0.25, -0.2) is 14.6 Å². The van der Waals surface area contributed by atoms with Crippen molar-refractivity contribution in [3.63, 3.8) is 0 Å². The van der Waals surface area contributed by atoms with Crippen LogP contribution in [0, 0.1) is 0 Å². The molecular weight excluding hydrogens is 238 g/mol. The first-order chi connectivity index (χ1) is 8.29. The summed E-state index contributed by atoms with van der Waals surface area (Å²) in [6.45, 7) is 3.92. The second-order valence-electron chi connectivity index (χ2n) is 3.67. The van der Waals surface area contributed by atoms with Crippen molar-refractivity contribution in [1.29, 1.82) is 0 Å². The molecule has 5 nitrogen and oxygen atoms in total. The minimum Gasteiger partial charge on any atom is -0.313 e. The molecule has 0 saturated heterocycles. The molecule has 0 aromatic carbocycles. The summed E-state index contributed by atoms with van der Waals surface area (Å²) in [4.78, 5) is 8.46. The molecule has 0 unspecified atom stereocenters. The van der Waals surface area contributed by atoms with E-state index >= 15 is 0 Å². The Balaban J connectivity index is 2.02. The third kappa shape index (κ3) is 3.25. The first-order valence-electron chi connectivity index (χ1n) is 5.52. The summed E-state index contributed by atoms with van der Waals surface area (Å²) in [7, 11) is 0. The van der Waals surface area contributed by atoms with E-state index in [0.717, 1.165) is 25.1 Å². The van der Waals surface area contributed by atoms with Gasteiger partial charge in [0.1, 0.15) is 0 Å². The van der Waals surface area contributed by atoms with Crippen LogP contribution in [0.1, 0.15) is 18.9 Å². The molecule has 0 amide bonds. The summed E-state index contributed by atoms with van der Waals surface area (Å²) < 4.78 is 1.55. The zero-order chi connectivity index (χ0) is 12.1. The molecular formula is C11H14ClN5. The Labute approximate surface area is 105 Å². The van der Waals surface area contributed by atoms with E-state index < -0.39 is 0 Å². The molecule has 0 atom stereocenters. The van der Waals surface area contributed by atoms with Gasteiger partial charge in [-0.05, 0) is 13.0 Å². The first kappa shape index (κ1) is 12.0. The molecule has 0 aliphatic rings. The lowest BCUT2D eigenvalue weighted by molar-refractivity contribution is 0.669. The second-order valence-corrected chi connectivity index (χ2v) is 4.11. The summed E-state index contributed by atoms with van der Waals surface area (Å²) in [6.07, 6.45) is 7.93. The Morgan fingerprint density at radius 3 is 2.65 bits per heavy atom. The third-order valence-electron chi connectivity index (χ3n) is 2.20. The van der Waals surface area contributed by atoms with Gasteiger partial charge in [0, 0.05) is 24.5 Å². The van der Waals surface area contributed by atoms with Gasteiger partial charge in [-0.2, -0.15) is 5.10 Å². The van der Waals surface area contributed by atoms with Gasteiger partial charge in [0.2, 0.25) is 5.95 Å². The third-order valence-corrected chi connectivity index (χ3v) is 2.40. The second kappa shape index (κ2) is 5.75. The van der Waals surface area contributed by atoms with E-state index in [4.69, 9.17) is 11.6 Å². The van der Waals surface area contributed by atoms with Crippen LogP contribution in [0.15, 0.2) is 24.8 Å². The van der Waals surface area contributed by atoms with Crippen LogP contribution in [0.4, 0.5) is 0 Å². The lowest BCUT2D eigenvalue weighted by Gasteiger charge is -2.03. The molecule has 0 bridgehead atoms. The highest BCUT2D eigenvalue weighted by Crippen LogP contribution is 2.08. The zero-order valence-electron chi connectivity index (χ0n) is 9.60. The molecule has 0 fully saturated rings. The van der Waals surface area contributed by atoms with Crippen LogP contribution in [-0.2, 0) is 6.54 Å². The molecule has 90 valence electrons. The van der Waals surface area contributed by atoms with Gasteiger partial charge >= 0.3 is 0 Å². The molecule has 2 heterocycles. The number of hydrogen-bond acceptors (Lipinski definition) is 4. The van der Waals surface area contributed by atoms with Gasteiger partial charge in [0.15, 0.2) is 0 Å². The highest BCUT2D eigenvalue weighted by Gasteiger charge is 2.02. The van der Waals surface area contributed by atoms with Gasteiger partial charge in [-0.1, -0.05) is 18.5 Å². The summed E-state index contributed by atoms with van der Waals surface area (Å²) in [5.74, 6) is 0.524. The van der Waals surface area contributed by atoms with Crippen LogP contribution in [-0.4, -0.2) is 26.3 Å². The number of nitrogens with one attached hydrogen (secondary N) is 1. The predicted molar refractivity (Wildman–Crippen MR) is 66.2 cm³/mol. The Morgan fingerprint density at radius 1 is 1.29 bits per heavy atom. The molecule has 2 rings (SSSR count). The van der Waals surface area contributed by atoms with E-state index in [1.54, 1.807) is 29.5 Å². The monoisotopic (exact) mass is 251 g/mol. The van der Waals surface area contributed by atoms with Gasteiger partial charge in [0.05, 0.1) is 17.4 Å². The van der Waals surface area contributed by atoms with Gasteiger partial charge in [-0.15, -0.1) is 0 Å². The molecule has 0 saturated carbocycles. The van der Waals surface area contributed by atoms with Crippen LogP contribution >= 0.6 is 11.6 Å². The molecule has 2 aromatic rings. The van der Waals surface area contributed by atoms with E-state index in [-0.39, 0.29) is 0 Å². The Kier molecular flexibility index (Phi) is 4.06. The van der Waals surface area contributed by atoms with E-state index in [0.29, 0.717) is 11.0 Å². The summed E-state index contributed by atoms with van der Waals surface area (Å²) in [6, 6.07) is 0. The summed E-state index contributed by atoms with van der Waals surface area (Å²) in [5, 5.41) is 7.90. The highest BCUT2D eigenvalue weighted by molar-refractivity contribution is 6.30. The molecule has 2 aromatic heterocycles. The fourth-order valence-electron chi connectivity index (χ4n) is 1.38. The van der Waals surface area contributed by atoms with Crippen molar-refractivity contribution < 1.29 is 0 Å². The standard InChI is InChI=1S/C11H14ClN5/c1-2-3-13-4-9-5-14-11(15-6-9)17-8-10(12)7-16-17/h5-8,13H,2-4H2,1H3. The maximum atomic E-state index is 5.78. The Hall–Kier alpha value is -1.46. The molecule has 0 spiro atoms. The lowest BCUT2D eigenvalue weighted by Crippen LogP contribution is -2.14. The van der Waals surface area contributed by atoms with E-state index in [9.17, 15) is 0 Å². The maximum Gasteiger partial charge on any atom is 0.250 e. The molecule has 6 heteroatoms. The minimum absolute atomic E-state index is 0.524.